The van der Waals surface area contributed by atoms with Gasteiger partial charge in [-0.3, -0.25) is 9.78 Å². The molecule has 21 heavy (non-hydrogen) atoms. The van der Waals surface area contributed by atoms with Crippen LogP contribution < -0.4 is 16.2 Å². The third-order valence-electron chi connectivity index (χ3n) is 3.41. The molecule has 2 heterocycles. The first-order valence-electron chi connectivity index (χ1n) is 6.53. The van der Waals surface area contributed by atoms with Crippen LogP contribution in [0.5, 0.6) is 0 Å². The summed E-state index contributed by atoms with van der Waals surface area (Å²) in [6.45, 7) is 0.301. The van der Waals surface area contributed by atoms with Crippen LogP contribution in [0, 0.1) is 5.82 Å². The van der Waals surface area contributed by atoms with Crippen molar-refractivity contribution in [2.45, 2.75) is 19.4 Å². The van der Waals surface area contributed by atoms with Crippen LogP contribution in [-0.4, -0.2) is 15.9 Å². The number of amides is 1. The zero-order valence-corrected chi connectivity index (χ0v) is 11.2. The molecule has 0 saturated heterocycles. The molecule has 0 atom stereocenters. The van der Waals surface area contributed by atoms with Crippen LogP contribution in [0.25, 0.3) is 0 Å². The number of halogens is 1. The van der Waals surface area contributed by atoms with E-state index < -0.39 is 0 Å². The monoisotopic (exact) mass is 287 g/mol. The van der Waals surface area contributed by atoms with E-state index in [0.717, 1.165) is 11.3 Å². The molecule has 3 N–H and O–H groups in total. The highest BCUT2D eigenvalue weighted by molar-refractivity contribution is 5.96. The number of aromatic nitrogens is 2. The van der Waals surface area contributed by atoms with Gasteiger partial charge in [-0.1, -0.05) is 0 Å². The van der Waals surface area contributed by atoms with E-state index in [9.17, 15) is 9.18 Å². The molecular formula is C14H14FN5O. The van der Waals surface area contributed by atoms with Crippen molar-refractivity contribution >= 4 is 17.4 Å². The number of nitrogens with zero attached hydrogens (tertiary/aromatic N) is 3. The zero-order chi connectivity index (χ0) is 14.8. The largest absolute Gasteiger partial charge is 0.307 e. The lowest BCUT2D eigenvalue weighted by Gasteiger charge is -2.29. The first-order chi connectivity index (χ1) is 10.2. The summed E-state index contributed by atoms with van der Waals surface area (Å²) in [7, 11) is 0. The van der Waals surface area contributed by atoms with E-state index in [0.29, 0.717) is 30.9 Å². The summed E-state index contributed by atoms with van der Waals surface area (Å²) in [6.07, 6.45) is 3.98. The molecule has 2 aromatic rings. The van der Waals surface area contributed by atoms with Gasteiger partial charge in [0.2, 0.25) is 5.91 Å². The molecule has 0 saturated carbocycles. The third kappa shape index (κ3) is 2.68. The second-order valence-corrected chi connectivity index (χ2v) is 4.79. The van der Waals surface area contributed by atoms with Gasteiger partial charge in [0, 0.05) is 12.1 Å². The number of benzene rings is 1. The predicted molar refractivity (Wildman–Crippen MR) is 75.8 cm³/mol. The molecule has 0 fully saturated rings. The predicted octanol–water partition coefficient (Wildman–Crippen LogP) is 1.38. The smallest absolute Gasteiger partial charge is 0.227 e. The van der Waals surface area contributed by atoms with Gasteiger partial charge in [0.1, 0.15) is 5.82 Å². The lowest BCUT2D eigenvalue weighted by atomic mass is 10.0. The van der Waals surface area contributed by atoms with Crippen LogP contribution in [0.3, 0.4) is 0 Å². The molecule has 1 aliphatic rings. The van der Waals surface area contributed by atoms with Crippen molar-refractivity contribution in [3.05, 3.63) is 47.7 Å². The van der Waals surface area contributed by atoms with Crippen LogP contribution in [0.15, 0.2) is 30.6 Å². The highest BCUT2D eigenvalue weighted by atomic mass is 19.1. The standard InChI is InChI=1S/C14H14FN5O/c15-10-2-3-12-9(5-10)1-4-14(21)20(12)8-11-6-18-13(19-16)7-17-11/h2-3,5-7H,1,4,8,16H2,(H,18,19). The van der Waals surface area contributed by atoms with Crippen LogP contribution >= 0.6 is 0 Å². The summed E-state index contributed by atoms with van der Waals surface area (Å²) < 4.78 is 13.3. The van der Waals surface area contributed by atoms with Crippen molar-refractivity contribution in [1.82, 2.24) is 9.97 Å². The maximum Gasteiger partial charge on any atom is 0.227 e. The Hall–Kier alpha value is -2.54. The van der Waals surface area contributed by atoms with E-state index in [1.807, 2.05) is 0 Å². The molecule has 0 bridgehead atoms. The van der Waals surface area contributed by atoms with Crippen molar-refractivity contribution < 1.29 is 9.18 Å². The van der Waals surface area contributed by atoms with Crippen molar-refractivity contribution in [2.24, 2.45) is 5.84 Å². The average Bonchev–Trinajstić information content (AvgIpc) is 2.51. The maximum absolute atomic E-state index is 13.3. The fourth-order valence-corrected chi connectivity index (χ4v) is 2.37. The third-order valence-corrected chi connectivity index (χ3v) is 3.41. The molecule has 1 aromatic heterocycles. The van der Waals surface area contributed by atoms with Crippen molar-refractivity contribution in [2.75, 3.05) is 10.3 Å². The number of anilines is 2. The molecule has 3 rings (SSSR count). The number of carbonyl (C=O) groups is 1. The Morgan fingerprint density at radius 1 is 1.29 bits per heavy atom. The number of hydrogen-bond donors (Lipinski definition) is 2. The number of hydrogen-bond acceptors (Lipinski definition) is 5. The van der Waals surface area contributed by atoms with Gasteiger partial charge in [-0.2, -0.15) is 0 Å². The Morgan fingerprint density at radius 2 is 2.14 bits per heavy atom. The van der Waals surface area contributed by atoms with Crippen LogP contribution in [-0.2, 0) is 17.8 Å². The Morgan fingerprint density at radius 3 is 2.86 bits per heavy atom. The zero-order valence-electron chi connectivity index (χ0n) is 11.2. The first kappa shape index (κ1) is 13.4. The molecule has 0 spiro atoms. The molecule has 1 amide bonds. The Balaban J connectivity index is 1.89. The molecular weight excluding hydrogens is 273 g/mol. The van der Waals surface area contributed by atoms with Gasteiger partial charge in [-0.15, -0.1) is 0 Å². The summed E-state index contributed by atoms with van der Waals surface area (Å²) >= 11 is 0. The molecule has 6 nitrogen and oxygen atoms in total. The highest BCUT2D eigenvalue weighted by Crippen LogP contribution is 2.29. The quantitative estimate of drug-likeness (QED) is 0.658. The number of rotatable bonds is 3. The minimum absolute atomic E-state index is 0.00284. The summed E-state index contributed by atoms with van der Waals surface area (Å²) in [4.78, 5) is 22.0. The second-order valence-electron chi connectivity index (χ2n) is 4.79. The fourth-order valence-electron chi connectivity index (χ4n) is 2.37. The summed E-state index contributed by atoms with van der Waals surface area (Å²) in [5, 5.41) is 0. The Kier molecular flexibility index (Phi) is 3.49. The Bertz CT molecular complexity index is 674. The maximum atomic E-state index is 13.3. The van der Waals surface area contributed by atoms with E-state index in [1.54, 1.807) is 17.2 Å². The lowest BCUT2D eigenvalue weighted by molar-refractivity contribution is -0.119. The number of fused-ring (bicyclic) bond motifs is 1. The van der Waals surface area contributed by atoms with Crippen LogP contribution in [0.1, 0.15) is 17.7 Å². The van der Waals surface area contributed by atoms with Crippen molar-refractivity contribution in [1.29, 1.82) is 0 Å². The van der Waals surface area contributed by atoms with E-state index >= 15 is 0 Å². The van der Waals surface area contributed by atoms with Crippen LogP contribution in [0.2, 0.25) is 0 Å². The number of nitrogen functional groups attached to an aromatic ring is 1. The number of nitrogens with two attached hydrogens (primary N) is 1. The lowest BCUT2D eigenvalue weighted by Crippen LogP contribution is -2.34. The van der Waals surface area contributed by atoms with E-state index in [4.69, 9.17) is 5.84 Å². The minimum atomic E-state index is -0.291. The van der Waals surface area contributed by atoms with E-state index in [2.05, 4.69) is 15.4 Å². The van der Waals surface area contributed by atoms with Gasteiger partial charge in [-0.25, -0.2) is 15.2 Å². The summed E-state index contributed by atoms with van der Waals surface area (Å²) in [6, 6.07) is 4.46. The first-order valence-corrected chi connectivity index (χ1v) is 6.53. The van der Waals surface area contributed by atoms with Crippen LogP contribution in [0.4, 0.5) is 15.9 Å². The van der Waals surface area contributed by atoms with Gasteiger partial charge >= 0.3 is 0 Å². The fraction of sp³-hybridized carbons (Fsp3) is 0.214. The van der Waals surface area contributed by atoms with Gasteiger partial charge in [0.05, 0.1) is 24.6 Å². The highest BCUT2D eigenvalue weighted by Gasteiger charge is 2.24. The SMILES string of the molecule is NNc1cnc(CN2C(=O)CCc3cc(F)ccc32)cn1. The van der Waals surface area contributed by atoms with Crippen molar-refractivity contribution in [3.63, 3.8) is 0 Å². The van der Waals surface area contributed by atoms with Gasteiger partial charge in [0.25, 0.3) is 0 Å². The van der Waals surface area contributed by atoms with Gasteiger partial charge in [0.15, 0.2) is 5.82 Å². The summed E-state index contributed by atoms with van der Waals surface area (Å²) in [5.41, 5.74) is 4.60. The molecule has 0 unspecified atom stereocenters. The van der Waals surface area contributed by atoms with Gasteiger partial charge < -0.3 is 10.3 Å². The molecule has 7 heteroatoms. The molecule has 1 aromatic carbocycles. The Labute approximate surface area is 120 Å². The van der Waals surface area contributed by atoms with E-state index in [-0.39, 0.29) is 11.7 Å². The molecule has 0 aliphatic carbocycles. The number of nitrogens with one attached hydrogen (secondary N) is 1. The molecule has 1 aliphatic heterocycles. The molecule has 108 valence electrons. The minimum Gasteiger partial charge on any atom is -0.307 e. The normalized spacial score (nSPS) is 14.0. The average molecular weight is 287 g/mol. The summed E-state index contributed by atoms with van der Waals surface area (Å²) in [5.74, 6) is 5.39. The topological polar surface area (TPSA) is 84.1 Å². The van der Waals surface area contributed by atoms with E-state index in [1.165, 1.54) is 18.3 Å². The molecule has 0 radical (unpaired) electrons. The number of aryl methyl sites for hydroxylation is 1. The number of carbonyl (C=O) groups excluding carboxylic acids is 1. The van der Waals surface area contributed by atoms with Gasteiger partial charge in [-0.05, 0) is 30.2 Å². The number of hydrazine groups is 1. The van der Waals surface area contributed by atoms with Crippen molar-refractivity contribution in [3.8, 4) is 0 Å². The second kappa shape index (κ2) is 5.45.